The third-order valence-corrected chi connectivity index (χ3v) is 3.09. The van der Waals surface area contributed by atoms with Crippen LogP contribution in [0, 0.1) is 17.3 Å². The molecule has 1 rings (SSSR count). The number of hydrogen-bond donors (Lipinski definition) is 1. The molecule has 0 bridgehead atoms. The molecule has 2 unspecified atom stereocenters. The van der Waals surface area contributed by atoms with Gasteiger partial charge in [0.05, 0.1) is 0 Å². The third-order valence-electron chi connectivity index (χ3n) is 3.09. The number of hydrogen-bond acceptors (Lipinski definition) is 1. The van der Waals surface area contributed by atoms with Crippen molar-refractivity contribution >= 4 is 0 Å². The molecule has 0 aromatic carbocycles. The molecule has 1 nitrogen and oxygen atoms in total. The highest BCUT2D eigenvalue weighted by molar-refractivity contribution is 5.04. The van der Waals surface area contributed by atoms with Crippen LogP contribution in [0.5, 0.6) is 0 Å². The highest BCUT2D eigenvalue weighted by Gasteiger charge is 2.45. The Kier molecular flexibility index (Phi) is 2.22. The summed E-state index contributed by atoms with van der Waals surface area (Å²) in [5.41, 5.74) is 3.06. The van der Waals surface area contributed by atoms with Crippen molar-refractivity contribution in [3.8, 4) is 0 Å². The largest absolute Gasteiger partial charge is 0.396 e. The van der Waals surface area contributed by atoms with Crippen LogP contribution >= 0.6 is 0 Å². The molecule has 1 N–H and O–H groups in total. The van der Waals surface area contributed by atoms with Crippen LogP contribution in [0.4, 0.5) is 0 Å². The first kappa shape index (κ1) is 8.58. The molecule has 1 saturated carbocycles. The van der Waals surface area contributed by atoms with Crippen LogP contribution in [0.2, 0.25) is 0 Å². The van der Waals surface area contributed by atoms with Crippen molar-refractivity contribution in [2.24, 2.45) is 17.3 Å². The number of allylic oxidation sites excluding steroid dienone is 1. The molecule has 0 amide bonds. The highest BCUT2D eigenvalue weighted by atomic mass is 16.3. The van der Waals surface area contributed by atoms with E-state index in [-0.39, 0.29) is 5.41 Å². The average molecular weight is 152 g/mol. The van der Waals surface area contributed by atoms with Crippen LogP contribution in [0.25, 0.3) is 0 Å². The predicted octanol–water partition coefficient (Wildman–Crippen LogP) is 1.98. The van der Waals surface area contributed by atoms with E-state index < -0.39 is 0 Å². The molecule has 0 spiro atoms. The molecule has 2 atom stereocenters. The summed E-state index contributed by atoms with van der Waals surface area (Å²) in [6.45, 7) is 8.25. The summed E-state index contributed by atoms with van der Waals surface area (Å²) in [4.78, 5) is 0. The topological polar surface area (TPSA) is 20.2 Å². The average Bonchev–Trinajstić information content (AvgIpc) is 1.97. The van der Waals surface area contributed by atoms with Gasteiger partial charge in [-0.05, 0) is 29.7 Å². The van der Waals surface area contributed by atoms with Crippen molar-refractivity contribution < 1.29 is 5.11 Å². The van der Waals surface area contributed by atoms with E-state index in [4.69, 9.17) is 5.11 Å². The van der Waals surface area contributed by atoms with E-state index in [1.54, 1.807) is 0 Å². The fraction of sp³-hybridized carbons (Fsp3) is 0.700. The molecule has 0 aromatic rings. The summed E-state index contributed by atoms with van der Waals surface area (Å²) in [6, 6.07) is 0. The van der Waals surface area contributed by atoms with Gasteiger partial charge in [0.25, 0.3) is 0 Å². The Bertz CT molecular complexity index is 187. The molecular formula is C10H16O. The van der Waals surface area contributed by atoms with E-state index in [0.717, 1.165) is 6.42 Å². The van der Waals surface area contributed by atoms with Gasteiger partial charge in [0.1, 0.15) is 0 Å². The van der Waals surface area contributed by atoms with Crippen molar-refractivity contribution in [1.29, 1.82) is 0 Å². The molecule has 0 aliphatic heterocycles. The van der Waals surface area contributed by atoms with Crippen molar-refractivity contribution in [1.82, 2.24) is 0 Å². The lowest BCUT2D eigenvalue weighted by Gasteiger charge is -2.50. The molecule has 0 aromatic heterocycles. The van der Waals surface area contributed by atoms with Gasteiger partial charge in [-0.1, -0.05) is 20.4 Å². The van der Waals surface area contributed by atoms with Crippen molar-refractivity contribution in [2.45, 2.75) is 20.3 Å². The molecule has 1 aliphatic rings. The van der Waals surface area contributed by atoms with Crippen LogP contribution in [0.3, 0.4) is 0 Å². The number of rotatable bonds is 2. The third kappa shape index (κ3) is 1.26. The quantitative estimate of drug-likeness (QED) is 0.600. The summed E-state index contributed by atoms with van der Waals surface area (Å²) < 4.78 is 0. The predicted molar refractivity (Wildman–Crippen MR) is 46.2 cm³/mol. The molecule has 11 heavy (non-hydrogen) atoms. The molecule has 1 heteroatoms. The molecule has 1 aliphatic carbocycles. The second-order valence-electron chi connectivity index (χ2n) is 3.91. The molecule has 62 valence electrons. The monoisotopic (exact) mass is 152 g/mol. The van der Waals surface area contributed by atoms with Gasteiger partial charge in [-0.15, -0.1) is 5.73 Å². The maximum atomic E-state index is 8.96. The minimum atomic E-state index is 0.249. The normalized spacial score (nSPS) is 33.7. The highest BCUT2D eigenvalue weighted by Crippen LogP contribution is 2.51. The molecule has 0 saturated heterocycles. The Morgan fingerprint density at radius 2 is 2.36 bits per heavy atom. The van der Waals surface area contributed by atoms with Gasteiger partial charge in [-0.2, -0.15) is 0 Å². The Morgan fingerprint density at radius 3 is 2.73 bits per heavy atom. The van der Waals surface area contributed by atoms with E-state index >= 15 is 0 Å². The first-order chi connectivity index (χ1) is 5.12. The van der Waals surface area contributed by atoms with E-state index in [1.165, 1.54) is 0 Å². The SMILES string of the molecule is C=C=CC1CC(CO)C1(C)C. The smallest absolute Gasteiger partial charge is 0.0464 e. The Labute approximate surface area is 68.4 Å². The van der Waals surface area contributed by atoms with Gasteiger partial charge in [-0.25, -0.2) is 0 Å². The molecule has 0 heterocycles. The fourth-order valence-electron chi connectivity index (χ4n) is 1.79. The lowest BCUT2D eigenvalue weighted by Crippen LogP contribution is -2.45. The van der Waals surface area contributed by atoms with E-state index in [2.05, 4.69) is 26.2 Å². The maximum absolute atomic E-state index is 8.96. The van der Waals surface area contributed by atoms with Crippen LogP contribution in [0.15, 0.2) is 18.4 Å². The standard InChI is InChI=1S/C10H16O/c1-4-5-8-6-9(7-11)10(8,2)3/h5,8-9,11H,1,6-7H2,2-3H3. The van der Waals surface area contributed by atoms with Crippen molar-refractivity contribution in [3.63, 3.8) is 0 Å². The van der Waals surface area contributed by atoms with Gasteiger partial charge in [0, 0.05) is 6.61 Å². The van der Waals surface area contributed by atoms with Crippen molar-refractivity contribution in [3.05, 3.63) is 18.4 Å². The van der Waals surface area contributed by atoms with Crippen LogP contribution in [0.1, 0.15) is 20.3 Å². The minimum Gasteiger partial charge on any atom is -0.396 e. The Hall–Kier alpha value is -0.520. The minimum absolute atomic E-state index is 0.249. The van der Waals surface area contributed by atoms with Gasteiger partial charge < -0.3 is 5.11 Å². The lowest BCUT2D eigenvalue weighted by atomic mass is 9.55. The zero-order valence-electron chi connectivity index (χ0n) is 7.30. The summed E-state index contributed by atoms with van der Waals surface area (Å²) in [7, 11) is 0. The number of aliphatic hydroxyl groups excluding tert-OH is 1. The maximum Gasteiger partial charge on any atom is 0.0464 e. The van der Waals surface area contributed by atoms with Crippen molar-refractivity contribution in [2.75, 3.05) is 6.61 Å². The zero-order chi connectivity index (χ0) is 8.48. The fourth-order valence-corrected chi connectivity index (χ4v) is 1.79. The van der Waals surface area contributed by atoms with E-state index in [1.807, 2.05) is 6.08 Å². The van der Waals surface area contributed by atoms with Crippen LogP contribution < -0.4 is 0 Å². The van der Waals surface area contributed by atoms with Gasteiger partial charge in [0.15, 0.2) is 0 Å². The van der Waals surface area contributed by atoms with Gasteiger partial charge >= 0.3 is 0 Å². The Morgan fingerprint density at radius 1 is 1.73 bits per heavy atom. The number of aliphatic hydroxyl groups is 1. The summed E-state index contributed by atoms with van der Waals surface area (Å²) >= 11 is 0. The van der Waals surface area contributed by atoms with Gasteiger partial charge in [-0.3, -0.25) is 0 Å². The molecule has 0 radical (unpaired) electrons. The van der Waals surface area contributed by atoms with E-state index in [9.17, 15) is 0 Å². The summed E-state index contributed by atoms with van der Waals surface area (Å²) in [5.74, 6) is 1.04. The first-order valence-corrected chi connectivity index (χ1v) is 4.09. The van der Waals surface area contributed by atoms with E-state index in [0.29, 0.717) is 18.4 Å². The second-order valence-corrected chi connectivity index (χ2v) is 3.91. The zero-order valence-corrected chi connectivity index (χ0v) is 7.30. The summed E-state index contributed by atoms with van der Waals surface area (Å²) in [5, 5.41) is 8.96. The molecular weight excluding hydrogens is 136 g/mol. The lowest BCUT2D eigenvalue weighted by molar-refractivity contribution is -0.0259. The van der Waals surface area contributed by atoms with Gasteiger partial charge in [0.2, 0.25) is 0 Å². The first-order valence-electron chi connectivity index (χ1n) is 4.09. The second kappa shape index (κ2) is 2.84. The Balaban J connectivity index is 2.60. The molecule has 1 fully saturated rings. The van der Waals surface area contributed by atoms with Crippen LogP contribution in [-0.4, -0.2) is 11.7 Å². The van der Waals surface area contributed by atoms with Crippen LogP contribution in [-0.2, 0) is 0 Å². The summed E-state index contributed by atoms with van der Waals surface area (Å²) in [6.07, 6.45) is 3.11.